The van der Waals surface area contributed by atoms with E-state index in [2.05, 4.69) is 6.92 Å². The molecule has 0 aliphatic carbocycles. The second-order valence-corrected chi connectivity index (χ2v) is 3.85. The highest BCUT2D eigenvalue weighted by atomic mass is 32.2. The molecule has 0 heterocycles. The molecule has 0 atom stereocenters. The van der Waals surface area contributed by atoms with Crippen molar-refractivity contribution < 1.29 is 9.90 Å². The topological polar surface area (TPSA) is 37.3 Å². The van der Waals surface area contributed by atoms with Crippen LogP contribution in [0.2, 0.25) is 0 Å². The molecule has 0 unspecified atom stereocenters. The van der Waals surface area contributed by atoms with Crippen LogP contribution in [0.4, 0.5) is 0 Å². The summed E-state index contributed by atoms with van der Waals surface area (Å²) < 4.78 is 0. The predicted octanol–water partition coefficient (Wildman–Crippen LogP) is 2.89. The van der Waals surface area contributed by atoms with Crippen molar-refractivity contribution in [2.45, 2.75) is 18.2 Å². The quantitative estimate of drug-likeness (QED) is 0.752. The summed E-state index contributed by atoms with van der Waals surface area (Å²) in [6.07, 6.45) is 1.13. The van der Waals surface area contributed by atoms with Crippen LogP contribution in [0.5, 0.6) is 0 Å². The van der Waals surface area contributed by atoms with E-state index in [4.69, 9.17) is 5.11 Å². The first-order chi connectivity index (χ1) is 6.24. The van der Waals surface area contributed by atoms with Gasteiger partial charge in [-0.3, -0.25) is 0 Å². The van der Waals surface area contributed by atoms with E-state index < -0.39 is 5.97 Å². The molecule has 70 valence electrons. The summed E-state index contributed by atoms with van der Waals surface area (Å²) in [4.78, 5) is 11.7. The first kappa shape index (κ1) is 10.1. The van der Waals surface area contributed by atoms with Gasteiger partial charge in [-0.05, 0) is 36.4 Å². The fourth-order valence-corrected chi connectivity index (χ4v) is 1.68. The van der Waals surface area contributed by atoms with Crippen molar-refractivity contribution in [3.8, 4) is 0 Å². The number of hydrogen-bond donors (Lipinski definition) is 1. The standard InChI is InChI=1S/C10H12O2S/c1-2-7-13-9-5-3-8(4-6-9)10(11)12/h3-6H,2,7H2,1H3,(H,11,12). The number of carboxylic acid groups (broad SMARTS) is 1. The van der Waals surface area contributed by atoms with Gasteiger partial charge in [-0.15, -0.1) is 11.8 Å². The predicted molar refractivity (Wildman–Crippen MR) is 54.4 cm³/mol. The Morgan fingerprint density at radius 1 is 1.38 bits per heavy atom. The summed E-state index contributed by atoms with van der Waals surface area (Å²) in [5.41, 5.74) is 0.348. The largest absolute Gasteiger partial charge is 0.478 e. The van der Waals surface area contributed by atoms with Crippen LogP contribution < -0.4 is 0 Å². The SMILES string of the molecule is CCCSc1ccc(C(=O)O)cc1. The maximum atomic E-state index is 10.5. The molecule has 0 radical (unpaired) electrons. The molecule has 0 fully saturated rings. The zero-order valence-electron chi connectivity index (χ0n) is 7.49. The van der Waals surface area contributed by atoms with Crippen LogP contribution in [0.15, 0.2) is 29.2 Å². The maximum absolute atomic E-state index is 10.5. The third-order valence-electron chi connectivity index (χ3n) is 1.57. The fraction of sp³-hybridized carbons (Fsp3) is 0.300. The van der Waals surface area contributed by atoms with E-state index in [1.165, 1.54) is 0 Å². The van der Waals surface area contributed by atoms with Crippen LogP contribution in [0.25, 0.3) is 0 Å². The summed E-state index contributed by atoms with van der Waals surface area (Å²) in [5.74, 6) is 0.207. The highest BCUT2D eigenvalue weighted by Gasteiger charge is 2.00. The van der Waals surface area contributed by atoms with E-state index in [1.54, 1.807) is 23.9 Å². The summed E-state index contributed by atoms with van der Waals surface area (Å²) in [6.45, 7) is 2.12. The average molecular weight is 196 g/mol. The van der Waals surface area contributed by atoms with Crippen LogP contribution in [0.3, 0.4) is 0 Å². The lowest BCUT2D eigenvalue weighted by Gasteiger charge is -1.99. The Morgan fingerprint density at radius 3 is 2.46 bits per heavy atom. The van der Waals surface area contributed by atoms with Gasteiger partial charge in [0.15, 0.2) is 0 Å². The zero-order chi connectivity index (χ0) is 9.68. The molecule has 1 N–H and O–H groups in total. The van der Waals surface area contributed by atoms with E-state index in [0.717, 1.165) is 17.1 Å². The number of aromatic carboxylic acids is 1. The third kappa shape index (κ3) is 3.11. The van der Waals surface area contributed by atoms with E-state index in [0.29, 0.717) is 5.56 Å². The van der Waals surface area contributed by atoms with Gasteiger partial charge < -0.3 is 5.11 Å². The van der Waals surface area contributed by atoms with Gasteiger partial charge in [-0.2, -0.15) is 0 Å². The molecule has 0 saturated heterocycles. The molecule has 1 aromatic rings. The molecule has 0 spiro atoms. The second kappa shape index (κ2) is 4.92. The van der Waals surface area contributed by atoms with Gasteiger partial charge in [-0.25, -0.2) is 4.79 Å². The Kier molecular flexibility index (Phi) is 3.83. The lowest BCUT2D eigenvalue weighted by Crippen LogP contribution is -1.94. The minimum atomic E-state index is -0.868. The summed E-state index contributed by atoms with van der Waals surface area (Å²) >= 11 is 1.75. The smallest absolute Gasteiger partial charge is 0.335 e. The number of rotatable bonds is 4. The molecule has 0 amide bonds. The molecule has 0 bridgehead atoms. The van der Waals surface area contributed by atoms with E-state index in [9.17, 15) is 4.79 Å². The van der Waals surface area contributed by atoms with Gasteiger partial charge in [0.25, 0.3) is 0 Å². The molecule has 3 heteroatoms. The number of thioether (sulfide) groups is 1. The summed E-state index contributed by atoms with van der Waals surface area (Å²) in [7, 11) is 0. The van der Waals surface area contributed by atoms with Gasteiger partial charge in [0.05, 0.1) is 5.56 Å². The van der Waals surface area contributed by atoms with Crippen molar-refractivity contribution in [1.82, 2.24) is 0 Å². The molecule has 0 aromatic heterocycles. The summed E-state index contributed by atoms with van der Waals surface area (Å²) in [5, 5.41) is 8.64. The molecule has 0 aliphatic rings. The minimum absolute atomic E-state index is 0.348. The molecule has 1 rings (SSSR count). The van der Waals surface area contributed by atoms with Gasteiger partial charge in [-0.1, -0.05) is 6.92 Å². The highest BCUT2D eigenvalue weighted by molar-refractivity contribution is 7.99. The van der Waals surface area contributed by atoms with E-state index in [1.807, 2.05) is 12.1 Å². The molecule has 0 saturated carbocycles. The van der Waals surface area contributed by atoms with Crippen molar-refractivity contribution in [2.75, 3.05) is 5.75 Å². The summed E-state index contributed by atoms with van der Waals surface area (Å²) in [6, 6.07) is 6.98. The normalized spacial score (nSPS) is 9.92. The lowest BCUT2D eigenvalue weighted by atomic mass is 10.2. The van der Waals surface area contributed by atoms with Gasteiger partial charge in [0.1, 0.15) is 0 Å². The van der Waals surface area contributed by atoms with E-state index in [-0.39, 0.29) is 0 Å². The maximum Gasteiger partial charge on any atom is 0.335 e. The van der Waals surface area contributed by atoms with Crippen molar-refractivity contribution >= 4 is 17.7 Å². The van der Waals surface area contributed by atoms with Crippen LogP contribution in [-0.2, 0) is 0 Å². The fourth-order valence-electron chi connectivity index (χ4n) is 0.914. The Morgan fingerprint density at radius 2 is 2.00 bits per heavy atom. The molecular formula is C10H12O2S. The Balaban J connectivity index is 2.64. The van der Waals surface area contributed by atoms with Crippen LogP contribution in [0, 0.1) is 0 Å². The molecular weight excluding hydrogens is 184 g/mol. The average Bonchev–Trinajstić information content (AvgIpc) is 2.15. The Bertz CT molecular complexity index is 279. The lowest BCUT2D eigenvalue weighted by molar-refractivity contribution is 0.0697. The van der Waals surface area contributed by atoms with Gasteiger partial charge in [0, 0.05) is 4.90 Å². The molecule has 13 heavy (non-hydrogen) atoms. The minimum Gasteiger partial charge on any atom is -0.478 e. The Hall–Kier alpha value is -0.960. The molecule has 1 aromatic carbocycles. The number of carboxylic acids is 1. The second-order valence-electron chi connectivity index (χ2n) is 2.68. The van der Waals surface area contributed by atoms with Crippen LogP contribution >= 0.6 is 11.8 Å². The monoisotopic (exact) mass is 196 g/mol. The third-order valence-corrected chi connectivity index (χ3v) is 2.79. The first-order valence-electron chi connectivity index (χ1n) is 4.20. The van der Waals surface area contributed by atoms with Gasteiger partial charge >= 0.3 is 5.97 Å². The number of hydrogen-bond acceptors (Lipinski definition) is 2. The molecule has 0 aliphatic heterocycles. The van der Waals surface area contributed by atoms with Crippen LogP contribution in [-0.4, -0.2) is 16.8 Å². The van der Waals surface area contributed by atoms with Crippen LogP contribution in [0.1, 0.15) is 23.7 Å². The number of carbonyl (C=O) groups is 1. The first-order valence-corrected chi connectivity index (χ1v) is 5.18. The molecule has 2 nitrogen and oxygen atoms in total. The van der Waals surface area contributed by atoms with Crippen molar-refractivity contribution in [1.29, 1.82) is 0 Å². The van der Waals surface area contributed by atoms with Gasteiger partial charge in [0.2, 0.25) is 0 Å². The number of benzene rings is 1. The highest BCUT2D eigenvalue weighted by Crippen LogP contribution is 2.18. The van der Waals surface area contributed by atoms with Crippen molar-refractivity contribution in [3.63, 3.8) is 0 Å². The van der Waals surface area contributed by atoms with Crippen molar-refractivity contribution in [2.24, 2.45) is 0 Å². The zero-order valence-corrected chi connectivity index (χ0v) is 8.30. The Labute approximate surface area is 82.0 Å². The van der Waals surface area contributed by atoms with E-state index >= 15 is 0 Å². The van der Waals surface area contributed by atoms with Crippen molar-refractivity contribution in [3.05, 3.63) is 29.8 Å².